The van der Waals surface area contributed by atoms with E-state index in [0.717, 1.165) is 17.3 Å². The van der Waals surface area contributed by atoms with Crippen molar-refractivity contribution in [2.45, 2.75) is 37.5 Å². The number of alkyl halides is 1. The Kier molecular flexibility index (Phi) is 2.47. The van der Waals surface area contributed by atoms with E-state index in [0.29, 0.717) is 21.9 Å². The Morgan fingerprint density at radius 2 is 2.00 bits per heavy atom. The molecule has 0 saturated heterocycles. The van der Waals surface area contributed by atoms with E-state index in [2.05, 4.69) is 56.1 Å². The normalized spacial score (nSPS) is 42.2. The van der Waals surface area contributed by atoms with Crippen LogP contribution in [0.15, 0.2) is 28.7 Å². The lowest BCUT2D eigenvalue weighted by Crippen LogP contribution is -2.48. The van der Waals surface area contributed by atoms with Crippen LogP contribution < -0.4 is 0 Å². The van der Waals surface area contributed by atoms with Crippen molar-refractivity contribution in [3.63, 3.8) is 0 Å². The zero-order valence-corrected chi connectivity index (χ0v) is 13.9. The maximum atomic E-state index is 12.4. The summed E-state index contributed by atoms with van der Waals surface area (Å²) in [7, 11) is 0. The summed E-state index contributed by atoms with van der Waals surface area (Å²) in [5, 5.41) is 0.531. The van der Waals surface area contributed by atoms with E-state index in [1.807, 2.05) is 0 Å². The van der Waals surface area contributed by atoms with Crippen LogP contribution in [-0.4, -0.2) is 11.1 Å². The van der Waals surface area contributed by atoms with E-state index >= 15 is 0 Å². The Morgan fingerprint density at radius 1 is 1.21 bits per heavy atom. The summed E-state index contributed by atoms with van der Waals surface area (Å²) in [5.41, 5.74) is 2.09. The fourth-order valence-electron chi connectivity index (χ4n) is 5.26. The second kappa shape index (κ2) is 3.73. The third kappa shape index (κ3) is 1.25. The van der Waals surface area contributed by atoms with Crippen molar-refractivity contribution in [3.05, 3.63) is 34.3 Å². The molecule has 4 rings (SSSR count). The first-order valence-corrected chi connectivity index (χ1v) is 8.87. The number of carbonyl (C=O) groups excluding carboxylic acids is 1. The number of hydrogen-bond donors (Lipinski definition) is 0. The summed E-state index contributed by atoms with van der Waals surface area (Å²) >= 11 is 6.98. The van der Waals surface area contributed by atoms with Gasteiger partial charge >= 0.3 is 0 Å². The maximum Gasteiger partial charge on any atom is 0.150 e. The second-order valence-electron chi connectivity index (χ2n) is 6.49. The number of hydrogen-bond acceptors (Lipinski definition) is 1. The molecule has 0 aromatic heterocycles. The SMILES string of the molecule is O=C(CBr)C12CCC3(c4cccc(Br)c4)C[C@]13CC2. The third-order valence-corrected chi connectivity index (χ3v) is 7.30. The first kappa shape index (κ1) is 12.6. The van der Waals surface area contributed by atoms with Gasteiger partial charge in [0.2, 0.25) is 0 Å². The van der Waals surface area contributed by atoms with Crippen LogP contribution in [0.25, 0.3) is 0 Å². The molecule has 3 atom stereocenters. The Balaban J connectivity index is 1.77. The molecule has 2 unspecified atom stereocenters. The zero-order valence-electron chi connectivity index (χ0n) is 10.7. The van der Waals surface area contributed by atoms with E-state index in [1.165, 1.54) is 24.8 Å². The minimum atomic E-state index is 0.0127. The molecule has 0 radical (unpaired) electrons. The molecule has 3 fully saturated rings. The van der Waals surface area contributed by atoms with Crippen molar-refractivity contribution in [2.75, 3.05) is 5.33 Å². The van der Waals surface area contributed by atoms with Crippen molar-refractivity contribution in [3.8, 4) is 0 Å². The van der Waals surface area contributed by atoms with Crippen LogP contribution in [-0.2, 0) is 10.2 Å². The van der Waals surface area contributed by atoms with Crippen LogP contribution >= 0.6 is 31.9 Å². The van der Waals surface area contributed by atoms with E-state index in [9.17, 15) is 4.79 Å². The minimum Gasteiger partial charge on any atom is -0.298 e. The number of rotatable bonds is 3. The molecule has 0 N–H and O–H groups in total. The van der Waals surface area contributed by atoms with Gasteiger partial charge in [-0.2, -0.15) is 0 Å². The number of ketones is 1. The molecule has 3 saturated carbocycles. The van der Waals surface area contributed by atoms with Gasteiger partial charge in [0.25, 0.3) is 0 Å². The molecule has 19 heavy (non-hydrogen) atoms. The molecular formula is C16H16Br2O. The van der Waals surface area contributed by atoms with Gasteiger partial charge in [-0.05, 0) is 55.2 Å². The van der Waals surface area contributed by atoms with Crippen LogP contribution in [0.5, 0.6) is 0 Å². The molecule has 100 valence electrons. The van der Waals surface area contributed by atoms with Gasteiger partial charge in [0.15, 0.2) is 0 Å². The van der Waals surface area contributed by atoms with Crippen molar-refractivity contribution in [1.29, 1.82) is 0 Å². The Bertz CT molecular complexity index is 580. The molecule has 0 amide bonds. The highest BCUT2D eigenvalue weighted by Crippen LogP contribution is 2.88. The quantitative estimate of drug-likeness (QED) is 0.696. The van der Waals surface area contributed by atoms with Gasteiger partial charge in [0, 0.05) is 15.3 Å². The fourth-order valence-corrected chi connectivity index (χ4v) is 6.19. The third-order valence-electron chi connectivity index (χ3n) is 6.30. The monoisotopic (exact) mass is 382 g/mol. The van der Waals surface area contributed by atoms with E-state index in [4.69, 9.17) is 0 Å². The molecular weight excluding hydrogens is 368 g/mol. The van der Waals surface area contributed by atoms with Crippen LogP contribution in [0.4, 0.5) is 0 Å². The highest BCUT2D eigenvalue weighted by molar-refractivity contribution is 9.10. The zero-order chi connectivity index (χ0) is 13.3. The number of halogens is 2. The lowest BCUT2D eigenvalue weighted by atomic mass is 9.55. The van der Waals surface area contributed by atoms with Gasteiger partial charge in [0.05, 0.1) is 5.33 Å². The Hall–Kier alpha value is -0.150. The summed E-state index contributed by atoms with van der Waals surface area (Å²) in [6, 6.07) is 8.74. The van der Waals surface area contributed by atoms with Crippen molar-refractivity contribution in [1.82, 2.24) is 0 Å². The number of carbonyl (C=O) groups is 1. The standard InChI is InChI=1S/C16H16Br2O/c17-9-13(19)14-4-5-15(10-16(14,15)7-6-14)11-2-1-3-12(18)8-11/h1-3,8H,4-7,9-10H2/t14?,15?,16-/m1/s1. The lowest BCUT2D eigenvalue weighted by molar-refractivity contribution is -0.137. The average Bonchev–Trinajstić information content (AvgIpc) is 3.06. The van der Waals surface area contributed by atoms with E-state index in [-0.39, 0.29) is 5.41 Å². The first-order chi connectivity index (χ1) is 9.10. The van der Waals surface area contributed by atoms with Gasteiger partial charge in [-0.3, -0.25) is 4.79 Å². The molecule has 3 aliphatic carbocycles. The molecule has 0 heterocycles. The Morgan fingerprint density at radius 3 is 2.63 bits per heavy atom. The van der Waals surface area contributed by atoms with Crippen molar-refractivity contribution < 1.29 is 4.79 Å². The summed E-state index contributed by atoms with van der Waals surface area (Å²) < 4.78 is 1.16. The average molecular weight is 384 g/mol. The largest absolute Gasteiger partial charge is 0.298 e. The van der Waals surface area contributed by atoms with Crippen LogP contribution in [0.3, 0.4) is 0 Å². The molecule has 3 heteroatoms. The molecule has 1 nitrogen and oxygen atoms in total. The van der Waals surface area contributed by atoms with Crippen molar-refractivity contribution >= 4 is 37.6 Å². The predicted octanol–water partition coefficient (Wildman–Crippen LogP) is 4.62. The number of Topliss-reactive ketones (excluding diaryl/α,β-unsaturated/α-hetero) is 1. The lowest BCUT2D eigenvalue weighted by Gasteiger charge is -2.47. The minimum absolute atomic E-state index is 0.0127. The molecule has 1 spiro atoms. The van der Waals surface area contributed by atoms with Gasteiger partial charge in [-0.15, -0.1) is 0 Å². The first-order valence-electron chi connectivity index (χ1n) is 6.96. The molecule has 0 bridgehead atoms. The van der Waals surface area contributed by atoms with Gasteiger partial charge in [0.1, 0.15) is 5.78 Å². The summed E-state index contributed by atoms with van der Waals surface area (Å²) in [6.07, 6.45) is 5.90. The van der Waals surface area contributed by atoms with Crippen LogP contribution in [0, 0.1) is 10.8 Å². The van der Waals surface area contributed by atoms with E-state index < -0.39 is 0 Å². The second-order valence-corrected chi connectivity index (χ2v) is 7.97. The number of benzene rings is 1. The molecule has 1 aromatic rings. The van der Waals surface area contributed by atoms with Crippen LogP contribution in [0.1, 0.15) is 37.7 Å². The smallest absolute Gasteiger partial charge is 0.150 e. The predicted molar refractivity (Wildman–Crippen MR) is 82.6 cm³/mol. The summed E-state index contributed by atoms with van der Waals surface area (Å²) in [6.45, 7) is 0. The molecule has 1 aromatic carbocycles. The molecule has 3 aliphatic rings. The summed E-state index contributed by atoms with van der Waals surface area (Å²) in [5.74, 6) is 0.452. The highest BCUT2D eigenvalue weighted by Gasteiger charge is 2.85. The topological polar surface area (TPSA) is 17.1 Å². The highest BCUT2D eigenvalue weighted by atomic mass is 79.9. The van der Waals surface area contributed by atoms with Gasteiger partial charge in [-0.25, -0.2) is 0 Å². The van der Waals surface area contributed by atoms with E-state index in [1.54, 1.807) is 0 Å². The van der Waals surface area contributed by atoms with Crippen molar-refractivity contribution in [2.24, 2.45) is 10.8 Å². The van der Waals surface area contributed by atoms with Crippen LogP contribution in [0.2, 0.25) is 0 Å². The van der Waals surface area contributed by atoms with Gasteiger partial charge < -0.3 is 0 Å². The Labute approximate surface area is 130 Å². The van der Waals surface area contributed by atoms with Gasteiger partial charge in [-0.1, -0.05) is 44.0 Å². The fraction of sp³-hybridized carbons (Fsp3) is 0.562. The summed E-state index contributed by atoms with van der Waals surface area (Å²) in [4.78, 5) is 12.4. The maximum absolute atomic E-state index is 12.4. The molecule has 0 aliphatic heterocycles.